The summed E-state index contributed by atoms with van der Waals surface area (Å²) in [7, 11) is 0. The lowest BCUT2D eigenvalue weighted by Crippen LogP contribution is -1.78. The maximum Gasteiger partial charge on any atom is -0.0305 e. The molecule has 0 aromatic carbocycles. The maximum absolute atomic E-state index is 3.83. The Kier molecular flexibility index (Phi) is 4.06. The van der Waals surface area contributed by atoms with Gasteiger partial charge in [-0.15, -0.1) is 0 Å². The van der Waals surface area contributed by atoms with Gasteiger partial charge in [-0.3, -0.25) is 0 Å². The van der Waals surface area contributed by atoms with Gasteiger partial charge < -0.3 is 0 Å². The van der Waals surface area contributed by atoms with Crippen LogP contribution in [0.5, 0.6) is 0 Å². The summed E-state index contributed by atoms with van der Waals surface area (Å²) in [5.74, 6) is 0. The molecule has 0 unspecified atom stereocenters. The molecule has 0 radical (unpaired) electrons. The molecule has 0 fully saturated rings. The highest BCUT2D eigenvalue weighted by atomic mass is 14.0. The van der Waals surface area contributed by atoms with Crippen LogP contribution in [0.3, 0.4) is 0 Å². The Bertz CT molecular complexity index is 234. The highest BCUT2D eigenvalue weighted by Crippen LogP contribution is 2.10. The monoisotopic (exact) mass is 160 g/mol. The summed E-state index contributed by atoms with van der Waals surface area (Å²) >= 11 is 0. The molecular weight excluding hydrogens is 144 g/mol. The smallest absolute Gasteiger partial charge is 0.0305 e. The maximum atomic E-state index is 3.83. The van der Waals surface area contributed by atoms with Crippen LogP contribution in [0.2, 0.25) is 0 Å². The van der Waals surface area contributed by atoms with Crippen LogP contribution in [0, 0.1) is 0 Å². The topological polar surface area (TPSA) is 0 Å². The molecular formula is C12H16. The molecule has 12 heavy (non-hydrogen) atoms. The van der Waals surface area contributed by atoms with Crippen LogP contribution in [0.25, 0.3) is 0 Å². The Labute approximate surface area is 75.3 Å². The van der Waals surface area contributed by atoms with Crippen molar-refractivity contribution in [3.63, 3.8) is 0 Å². The van der Waals surface area contributed by atoms with Gasteiger partial charge in [0.1, 0.15) is 0 Å². The molecule has 0 N–H and O–H groups in total. The van der Waals surface area contributed by atoms with Crippen LogP contribution >= 0.6 is 0 Å². The Hall–Kier alpha value is -1.30. The van der Waals surface area contributed by atoms with E-state index in [2.05, 4.69) is 26.3 Å². The second-order valence-electron chi connectivity index (χ2n) is 2.94. The molecule has 0 aromatic rings. The van der Waals surface area contributed by atoms with Crippen molar-refractivity contribution in [2.45, 2.75) is 13.8 Å². The molecule has 0 saturated carbocycles. The minimum absolute atomic E-state index is 0.928. The Morgan fingerprint density at radius 2 is 1.00 bits per heavy atom. The summed E-state index contributed by atoms with van der Waals surface area (Å²) in [5.41, 5.74) is 3.80. The van der Waals surface area contributed by atoms with E-state index >= 15 is 0 Å². The van der Waals surface area contributed by atoms with Crippen molar-refractivity contribution in [3.05, 3.63) is 60.8 Å². The molecule has 0 nitrogen and oxygen atoms in total. The van der Waals surface area contributed by atoms with E-state index in [4.69, 9.17) is 0 Å². The fourth-order valence-electron chi connectivity index (χ4n) is 0.486. The van der Waals surface area contributed by atoms with Gasteiger partial charge in [0, 0.05) is 0 Å². The molecule has 64 valence electrons. The molecule has 0 aromatic heterocycles. The first-order chi connectivity index (χ1) is 5.45. The first-order valence-electron chi connectivity index (χ1n) is 3.82. The fraction of sp³-hybridized carbons (Fsp3) is 0.167. The summed E-state index contributed by atoms with van der Waals surface area (Å²) in [6.45, 7) is 19.1. The van der Waals surface area contributed by atoms with E-state index in [1.54, 1.807) is 0 Å². The normalized spacial score (nSPS) is 9.83. The third kappa shape index (κ3) is 3.77. The minimum Gasteiger partial charge on any atom is -0.0955 e. The summed E-state index contributed by atoms with van der Waals surface area (Å²) in [6, 6.07) is 0. The lowest BCUT2D eigenvalue weighted by atomic mass is 10.1. The quantitative estimate of drug-likeness (QED) is 0.549. The largest absolute Gasteiger partial charge is 0.0955 e. The van der Waals surface area contributed by atoms with Gasteiger partial charge in [-0.2, -0.15) is 0 Å². The van der Waals surface area contributed by atoms with E-state index in [1.165, 1.54) is 0 Å². The first-order valence-corrected chi connectivity index (χ1v) is 3.82. The van der Waals surface area contributed by atoms with Gasteiger partial charge in [0.25, 0.3) is 0 Å². The van der Waals surface area contributed by atoms with E-state index in [0.29, 0.717) is 0 Å². The van der Waals surface area contributed by atoms with Crippen LogP contribution in [-0.2, 0) is 0 Å². The van der Waals surface area contributed by atoms with Crippen LogP contribution in [0.15, 0.2) is 60.8 Å². The average Bonchev–Trinajstić information content (AvgIpc) is 1.98. The summed E-state index contributed by atoms with van der Waals surface area (Å²) in [5, 5.41) is 0. The Balaban J connectivity index is 4.26. The van der Waals surface area contributed by atoms with E-state index in [0.717, 1.165) is 22.3 Å². The summed E-state index contributed by atoms with van der Waals surface area (Å²) in [4.78, 5) is 0. The average molecular weight is 160 g/mol. The number of hydrogen-bond donors (Lipinski definition) is 0. The zero-order valence-electron chi connectivity index (χ0n) is 7.98. The highest BCUT2D eigenvalue weighted by molar-refractivity contribution is 5.41. The first kappa shape index (κ1) is 10.7. The van der Waals surface area contributed by atoms with Crippen molar-refractivity contribution in [3.8, 4) is 0 Å². The SMILES string of the molecule is C=C(C)C(=C)/C=C\C(=C)C(=C)C. The molecule has 0 amide bonds. The van der Waals surface area contributed by atoms with E-state index in [9.17, 15) is 0 Å². The number of hydrogen-bond acceptors (Lipinski definition) is 0. The molecule has 0 aliphatic heterocycles. The van der Waals surface area contributed by atoms with Crippen molar-refractivity contribution in [1.82, 2.24) is 0 Å². The van der Waals surface area contributed by atoms with Crippen molar-refractivity contribution in [1.29, 1.82) is 0 Å². The summed E-state index contributed by atoms with van der Waals surface area (Å²) in [6.07, 6.45) is 3.80. The van der Waals surface area contributed by atoms with Gasteiger partial charge >= 0.3 is 0 Å². The predicted octanol–water partition coefficient (Wildman–Crippen LogP) is 3.81. The van der Waals surface area contributed by atoms with Gasteiger partial charge in [-0.25, -0.2) is 0 Å². The molecule has 0 saturated heterocycles. The van der Waals surface area contributed by atoms with Gasteiger partial charge in [0.05, 0.1) is 0 Å². The molecule has 0 heterocycles. The Morgan fingerprint density at radius 1 is 0.750 bits per heavy atom. The second-order valence-corrected chi connectivity index (χ2v) is 2.94. The lowest BCUT2D eigenvalue weighted by Gasteiger charge is -1.98. The third-order valence-corrected chi connectivity index (χ3v) is 1.58. The molecule has 0 spiro atoms. The number of allylic oxidation sites excluding steroid dienone is 6. The molecule has 0 bridgehead atoms. The van der Waals surface area contributed by atoms with E-state index in [1.807, 2.05) is 26.0 Å². The lowest BCUT2D eigenvalue weighted by molar-refractivity contribution is 1.44. The summed E-state index contributed by atoms with van der Waals surface area (Å²) < 4.78 is 0. The van der Waals surface area contributed by atoms with Crippen molar-refractivity contribution >= 4 is 0 Å². The van der Waals surface area contributed by atoms with Gasteiger partial charge in [0.2, 0.25) is 0 Å². The zero-order chi connectivity index (χ0) is 9.72. The minimum atomic E-state index is 0.928. The van der Waals surface area contributed by atoms with Crippen LogP contribution in [0.1, 0.15) is 13.8 Å². The van der Waals surface area contributed by atoms with Crippen LogP contribution in [-0.4, -0.2) is 0 Å². The van der Waals surface area contributed by atoms with Crippen LogP contribution in [0.4, 0.5) is 0 Å². The Morgan fingerprint density at radius 3 is 1.17 bits per heavy atom. The van der Waals surface area contributed by atoms with Crippen molar-refractivity contribution in [2.24, 2.45) is 0 Å². The molecule has 0 atom stereocenters. The molecule has 0 heteroatoms. The van der Waals surface area contributed by atoms with Gasteiger partial charge in [0.15, 0.2) is 0 Å². The highest BCUT2D eigenvalue weighted by Gasteiger charge is 1.89. The van der Waals surface area contributed by atoms with Crippen molar-refractivity contribution in [2.75, 3.05) is 0 Å². The zero-order valence-corrected chi connectivity index (χ0v) is 7.98. The standard InChI is InChI=1S/C12H16/c1-9(2)11(5)7-8-12(6)10(3)4/h7-8H,1,3,5-6H2,2,4H3/b8-7-. The molecule has 0 aliphatic rings. The van der Waals surface area contributed by atoms with E-state index < -0.39 is 0 Å². The van der Waals surface area contributed by atoms with Gasteiger partial charge in [-0.1, -0.05) is 49.6 Å². The van der Waals surface area contributed by atoms with Crippen LogP contribution < -0.4 is 0 Å². The number of rotatable bonds is 4. The molecule has 0 rings (SSSR count). The van der Waals surface area contributed by atoms with E-state index in [-0.39, 0.29) is 0 Å². The predicted molar refractivity (Wildman–Crippen MR) is 57.0 cm³/mol. The third-order valence-electron chi connectivity index (χ3n) is 1.58. The molecule has 0 aliphatic carbocycles. The van der Waals surface area contributed by atoms with Gasteiger partial charge in [-0.05, 0) is 25.0 Å². The van der Waals surface area contributed by atoms with Crippen molar-refractivity contribution < 1.29 is 0 Å². The second kappa shape index (κ2) is 4.55. The fourth-order valence-corrected chi connectivity index (χ4v) is 0.486.